The van der Waals surface area contributed by atoms with E-state index in [1.54, 1.807) is 0 Å². The number of hydrogen-bond acceptors (Lipinski definition) is 3. The minimum Gasteiger partial charge on any atom is -0.462 e. The molecule has 1 fully saturated rings. The SMILES string of the molecule is CCC(=O)OC1CCN2CC=C(c3ccc(F)cc3)C1C2.Cl. The summed E-state index contributed by atoms with van der Waals surface area (Å²) >= 11 is 0. The van der Waals surface area contributed by atoms with Gasteiger partial charge in [-0.15, -0.1) is 12.4 Å². The number of hydrogen-bond donors (Lipinski definition) is 0. The Bertz CT molecular complexity index is 558. The van der Waals surface area contributed by atoms with Gasteiger partial charge in [-0.25, -0.2) is 4.39 Å². The molecule has 22 heavy (non-hydrogen) atoms. The highest BCUT2D eigenvalue weighted by Gasteiger charge is 2.36. The van der Waals surface area contributed by atoms with Gasteiger partial charge in [-0.2, -0.15) is 0 Å². The second kappa shape index (κ2) is 7.25. The Morgan fingerprint density at radius 1 is 1.36 bits per heavy atom. The maximum Gasteiger partial charge on any atom is 0.305 e. The predicted molar refractivity (Wildman–Crippen MR) is 86.3 cm³/mol. The molecule has 2 aliphatic heterocycles. The molecule has 2 heterocycles. The molecule has 1 aromatic rings. The Morgan fingerprint density at radius 3 is 2.77 bits per heavy atom. The first kappa shape index (κ1) is 17.0. The van der Waals surface area contributed by atoms with Crippen LogP contribution in [0.2, 0.25) is 0 Å². The molecule has 2 bridgehead atoms. The van der Waals surface area contributed by atoms with Gasteiger partial charge in [0.2, 0.25) is 0 Å². The molecular weight excluding hydrogens is 305 g/mol. The number of piperidine rings is 1. The van der Waals surface area contributed by atoms with Crippen molar-refractivity contribution in [2.24, 2.45) is 5.92 Å². The van der Waals surface area contributed by atoms with Gasteiger partial charge in [0.1, 0.15) is 11.9 Å². The molecule has 0 spiro atoms. The van der Waals surface area contributed by atoms with Crippen LogP contribution in [0.15, 0.2) is 30.3 Å². The van der Waals surface area contributed by atoms with E-state index in [0.717, 1.165) is 31.6 Å². The summed E-state index contributed by atoms with van der Waals surface area (Å²) in [5.41, 5.74) is 2.21. The molecule has 0 radical (unpaired) electrons. The minimum absolute atomic E-state index is 0. The van der Waals surface area contributed by atoms with Crippen LogP contribution < -0.4 is 0 Å². The number of ether oxygens (including phenoxy) is 1. The monoisotopic (exact) mass is 325 g/mol. The lowest BCUT2D eigenvalue weighted by Crippen LogP contribution is -2.47. The van der Waals surface area contributed by atoms with E-state index in [0.29, 0.717) is 6.42 Å². The number of fused-ring (bicyclic) bond motifs is 2. The number of esters is 1. The van der Waals surface area contributed by atoms with Gasteiger partial charge >= 0.3 is 5.97 Å². The van der Waals surface area contributed by atoms with Gasteiger partial charge < -0.3 is 4.74 Å². The smallest absolute Gasteiger partial charge is 0.305 e. The van der Waals surface area contributed by atoms with Crippen molar-refractivity contribution in [1.29, 1.82) is 0 Å². The highest BCUT2D eigenvalue weighted by molar-refractivity contribution is 5.85. The molecule has 1 saturated heterocycles. The standard InChI is InChI=1S/C17H20FNO2.ClH/c1-2-17(20)21-16-8-10-19-9-7-14(15(16)11-19)12-3-5-13(18)6-4-12;/h3-7,15-16H,2,8-11H2,1H3;1H. The van der Waals surface area contributed by atoms with E-state index >= 15 is 0 Å². The van der Waals surface area contributed by atoms with E-state index in [1.807, 2.05) is 19.1 Å². The maximum absolute atomic E-state index is 13.1. The molecule has 3 nitrogen and oxygen atoms in total. The van der Waals surface area contributed by atoms with Crippen LogP contribution in [-0.4, -0.2) is 36.6 Å². The Hall–Kier alpha value is -1.39. The number of benzene rings is 1. The molecule has 5 heteroatoms. The van der Waals surface area contributed by atoms with E-state index in [4.69, 9.17) is 4.74 Å². The fourth-order valence-corrected chi connectivity index (χ4v) is 3.21. The fraction of sp³-hybridized carbons (Fsp3) is 0.471. The molecule has 0 N–H and O–H groups in total. The normalized spacial score (nSPS) is 26.6. The average molecular weight is 326 g/mol. The van der Waals surface area contributed by atoms with E-state index in [1.165, 1.54) is 17.7 Å². The van der Waals surface area contributed by atoms with Gasteiger partial charge in [-0.1, -0.05) is 25.1 Å². The maximum atomic E-state index is 13.1. The summed E-state index contributed by atoms with van der Waals surface area (Å²) < 4.78 is 18.7. The van der Waals surface area contributed by atoms with Gasteiger partial charge in [-0.3, -0.25) is 9.69 Å². The van der Waals surface area contributed by atoms with Crippen LogP contribution in [0.3, 0.4) is 0 Å². The summed E-state index contributed by atoms with van der Waals surface area (Å²) in [5.74, 6) is -0.180. The first-order valence-corrected chi connectivity index (χ1v) is 7.55. The number of carbonyl (C=O) groups excluding carboxylic acids is 1. The number of carbonyl (C=O) groups is 1. The van der Waals surface area contributed by atoms with E-state index in [-0.39, 0.29) is 36.2 Å². The lowest BCUT2D eigenvalue weighted by molar-refractivity contribution is -0.152. The molecule has 2 aliphatic rings. The molecule has 3 atom stereocenters. The lowest BCUT2D eigenvalue weighted by atomic mass is 9.81. The second-order valence-corrected chi connectivity index (χ2v) is 5.70. The fourth-order valence-electron chi connectivity index (χ4n) is 3.21. The van der Waals surface area contributed by atoms with Crippen molar-refractivity contribution >= 4 is 23.9 Å². The summed E-state index contributed by atoms with van der Waals surface area (Å²) in [4.78, 5) is 14.0. The number of rotatable bonds is 3. The lowest BCUT2D eigenvalue weighted by Gasteiger charge is -2.42. The average Bonchev–Trinajstić information content (AvgIpc) is 2.51. The third-order valence-corrected chi connectivity index (χ3v) is 4.35. The highest BCUT2D eigenvalue weighted by Crippen LogP contribution is 2.36. The molecule has 3 rings (SSSR count). The van der Waals surface area contributed by atoms with Gasteiger partial charge in [0.05, 0.1) is 0 Å². The Morgan fingerprint density at radius 2 is 2.09 bits per heavy atom. The predicted octanol–water partition coefficient (Wildman–Crippen LogP) is 3.29. The summed E-state index contributed by atoms with van der Waals surface area (Å²) in [7, 11) is 0. The highest BCUT2D eigenvalue weighted by atomic mass is 35.5. The minimum atomic E-state index is -0.227. The van der Waals surface area contributed by atoms with Crippen LogP contribution >= 0.6 is 12.4 Å². The van der Waals surface area contributed by atoms with E-state index in [2.05, 4.69) is 11.0 Å². The molecule has 3 unspecified atom stereocenters. The molecule has 0 aliphatic carbocycles. The van der Waals surface area contributed by atoms with Crippen LogP contribution in [0.25, 0.3) is 5.57 Å². The summed E-state index contributed by atoms with van der Waals surface area (Å²) in [6, 6.07) is 6.59. The van der Waals surface area contributed by atoms with E-state index < -0.39 is 0 Å². The van der Waals surface area contributed by atoms with Crippen molar-refractivity contribution < 1.29 is 13.9 Å². The Balaban J connectivity index is 0.00000176. The quantitative estimate of drug-likeness (QED) is 0.799. The Labute approximate surface area is 136 Å². The van der Waals surface area contributed by atoms with Crippen molar-refractivity contribution in [3.8, 4) is 0 Å². The number of halogens is 2. The van der Waals surface area contributed by atoms with Crippen molar-refractivity contribution in [2.75, 3.05) is 19.6 Å². The van der Waals surface area contributed by atoms with Crippen molar-refractivity contribution in [2.45, 2.75) is 25.9 Å². The summed E-state index contributed by atoms with van der Waals surface area (Å²) in [5, 5.41) is 0. The molecule has 0 aromatic heterocycles. The zero-order chi connectivity index (χ0) is 14.8. The molecule has 0 amide bonds. The number of nitrogens with zero attached hydrogens (tertiary/aromatic N) is 1. The third kappa shape index (κ3) is 3.50. The summed E-state index contributed by atoms with van der Waals surface area (Å²) in [6.45, 7) is 4.60. The molecule has 1 aromatic carbocycles. The first-order chi connectivity index (χ1) is 10.2. The van der Waals surface area contributed by atoms with E-state index in [9.17, 15) is 9.18 Å². The van der Waals surface area contributed by atoms with Gasteiger partial charge in [-0.05, 0) is 29.7 Å². The van der Waals surface area contributed by atoms with Gasteiger partial charge in [0, 0.05) is 32.0 Å². The van der Waals surface area contributed by atoms with Crippen molar-refractivity contribution in [3.63, 3.8) is 0 Å². The van der Waals surface area contributed by atoms with Crippen LogP contribution in [0.5, 0.6) is 0 Å². The zero-order valence-electron chi connectivity index (χ0n) is 12.6. The molecule has 120 valence electrons. The third-order valence-electron chi connectivity index (χ3n) is 4.35. The van der Waals surface area contributed by atoms with Crippen molar-refractivity contribution in [1.82, 2.24) is 4.90 Å². The Kier molecular flexibility index (Phi) is 5.59. The van der Waals surface area contributed by atoms with Crippen molar-refractivity contribution in [3.05, 3.63) is 41.7 Å². The zero-order valence-corrected chi connectivity index (χ0v) is 13.4. The second-order valence-electron chi connectivity index (χ2n) is 5.70. The van der Waals surface area contributed by atoms with Crippen LogP contribution in [0.1, 0.15) is 25.3 Å². The first-order valence-electron chi connectivity index (χ1n) is 7.55. The molecule has 0 saturated carbocycles. The van der Waals surface area contributed by atoms with Gasteiger partial charge in [0.15, 0.2) is 0 Å². The van der Waals surface area contributed by atoms with Crippen LogP contribution in [-0.2, 0) is 9.53 Å². The van der Waals surface area contributed by atoms with Crippen LogP contribution in [0.4, 0.5) is 4.39 Å². The topological polar surface area (TPSA) is 29.5 Å². The van der Waals surface area contributed by atoms with Gasteiger partial charge in [0.25, 0.3) is 0 Å². The summed E-state index contributed by atoms with van der Waals surface area (Å²) in [6.07, 6.45) is 3.40. The van der Waals surface area contributed by atoms with Crippen LogP contribution in [0, 0.1) is 11.7 Å². The molecular formula is C17H21ClFNO2. The largest absolute Gasteiger partial charge is 0.462 e.